The van der Waals surface area contributed by atoms with Gasteiger partial charge in [-0.2, -0.15) is 0 Å². The predicted molar refractivity (Wildman–Crippen MR) is 190 cm³/mol. The second kappa shape index (κ2) is 15.7. The minimum Gasteiger partial charge on any atom is -0.494 e. The molecule has 9 heteroatoms. The molecule has 0 N–H and O–H groups in total. The number of unbranched alkanes of at least 4 members (excludes halogenated alkanes) is 1. The molecule has 0 unspecified atom stereocenters. The van der Waals surface area contributed by atoms with Crippen LogP contribution in [0.25, 0.3) is 0 Å². The number of benzene rings is 4. The lowest BCUT2D eigenvalue weighted by atomic mass is 10.0. The number of halogens is 2. The molecule has 0 aromatic heterocycles. The van der Waals surface area contributed by atoms with Gasteiger partial charge in [0.1, 0.15) is 5.75 Å². The lowest BCUT2D eigenvalue weighted by molar-refractivity contribution is -0.118. The molecular formula is C38H40Cl2N4O3. The molecule has 0 radical (unpaired) electrons. The van der Waals surface area contributed by atoms with Gasteiger partial charge in [0.2, 0.25) is 5.91 Å². The Balaban J connectivity index is 1.05. The van der Waals surface area contributed by atoms with Crippen LogP contribution in [0.3, 0.4) is 0 Å². The average molecular weight is 672 g/mol. The molecule has 0 aliphatic carbocycles. The van der Waals surface area contributed by atoms with E-state index in [1.807, 2.05) is 97.1 Å². The van der Waals surface area contributed by atoms with Crippen LogP contribution in [0.2, 0.25) is 10.0 Å². The van der Waals surface area contributed by atoms with E-state index in [4.69, 9.17) is 27.9 Å². The van der Waals surface area contributed by atoms with Gasteiger partial charge in [0.05, 0.1) is 28.0 Å². The Morgan fingerprint density at radius 3 is 2.11 bits per heavy atom. The Bertz CT molecular complexity index is 1620. The van der Waals surface area contributed by atoms with E-state index in [9.17, 15) is 9.59 Å². The highest BCUT2D eigenvalue weighted by Crippen LogP contribution is 2.34. The Labute approximate surface area is 287 Å². The van der Waals surface area contributed by atoms with E-state index in [1.165, 1.54) is 4.90 Å². The van der Waals surface area contributed by atoms with Crippen LogP contribution < -0.4 is 14.5 Å². The summed E-state index contributed by atoms with van der Waals surface area (Å²) in [6.45, 7) is 6.12. The van der Waals surface area contributed by atoms with E-state index in [2.05, 4.69) is 9.80 Å². The van der Waals surface area contributed by atoms with Crippen molar-refractivity contribution in [2.24, 2.45) is 0 Å². The van der Waals surface area contributed by atoms with Gasteiger partial charge in [-0.05, 0) is 60.7 Å². The standard InChI is InChI=1S/C38H40Cl2N4O3/c39-33-14-9-15-34(37(33)40)42-23-21-41(22-24-42)20-7-8-25-47-32-18-16-31-17-19-36(45)44(35(31)26-32)38(46)43(27-29-10-3-1-4-11-29)28-30-12-5-2-6-13-30/h1-6,9-16,18,26H,7-8,17,19-25,27-28H2. The fraction of sp³-hybridized carbons (Fsp3) is 0.316. The molecule has 0 spiro atoms. The molecule has 4 aromatic carbocycles. The van der Waals surface area contributed by atoms with Crippen molar-refractivity contribution >= 4 is 46.5 Å². The molecule has 3 amide bonds. The fourth-order valence-electron chi connectivity index (χ4n) is 6.27. The van der Waals surface area contributed by atoms with E-state index >= 15 is 0 Å². The van der Waals surface area contributed by atoms with Crippen LogP contribution in [0, 0.1) is 0 Å². The number of urea groups is 1. The van der Waals surface area contributed by atoms with Crippen LogP contribution in [-0.4, -0.2) is 61.1 Å². The van der Waals surface area contributed by atoms with Crippen molar-refractivity contribution in [2.75, 3.05) is 49.1 Å². The first-order chi connectivity index (χ1) is 23.0. The van der Waals surface area contributed by atoms with Crippen LogP contribution >= 0.6 is 23.2 Å². The predicted octanol–water partition coefficient (Wildman–Crippen LogP) is 8.08. The highest BCUT2D eigenvalue weighted by atomic mass is 35.5. The number of imide groups is 1. The molecule has 7 nitrogen and oxygen atoms in total. The summed E-state index contributed by atoms with van der Waals surface area (Å²) in [7, 11) is 0. The molecule has 0 bridgehead atoms. The summed E-state index contributed by atoms with van der Waals surface area (Å²) < 4.78 is 6.16. The van der Waals surface area contributed by atoms with Gasteiger partial charge >= 0.3 is 6.03 Å². The molecule has 1 fully saturated rings. The molecule has 2 heterocycles. The molecule has 6 rings (SSSR count). The third kappa shape index (κ3) is 8.28. The first-order valence-electron chi connectivity index (χ1n) is 16.3. The number of amides is 3. The van der Waals surface area contributed by atoms with Crippen LogP contribution in [0.1, 0.15) is 36.0 Å². The van der Waals surface area contributed by atoms with Crippen molar-refractivity contribution in [2.45, 2.75) is 38.8 Å². The highest BCUT2D eigenvalue weighted by Gasteiger charge is 2.33. The number of anilines is 2. The quantitative estimate of drug-likeness (QED) is 0.151. The van der Waals surface area contributed by atoms with Crippen LogP contribution in [-0.2, 0) is 24.3 Å². The van der Waals surface area contributed by atoms with Gasteiger partial charge in [-0.1, -0.05) is 96.0 Å². The van der Waals surface area contributed by atoms with Crippen molar-refractivity contribution in [3.8, 4) is 5.75 Å². The first kappa shape index (κ1) is 32.9. The number of rotatable bonds is 11. The third-order valence-electron chi connectivity index (χ3n) is 8.83. The summed E-state index contributed by atoms with van der Waals surface area (Å²) in [4.78, 5) is 35.3. The second-order valence-electron chi connectivity index (χ2n) is 12.1. The molecule has 0 atom stereocenters. The van der Waals surface area contributed by atoms with Crippen LogP contribution in [0.5, 0.6) is 5.75 Å². The maximum absolute atomic E-state index is 14.1. The van der Waals surface area contributed by atoms with E-state index < -0.39 is 0 Å². The largest absolute Gasteiger partial charge is 0.494 e. The van der Waals surface area contributed by atoms with Crippen LogP contribution in [0.15, 0.2) is 97.1 Å². The van der Waals surface area contributed by atoms with Crippen molar-refractivity contribution in [3.05, 3.63) is 124 Å². The lowest BCUT2D eigenvalue weighted by Gasteiger charge is -2.36. The number of hydrogen-bond donors (Lipinski definition) is 0. The van der Waals surface area contributed by atoms with Gasteiger partial charge in [0.25, 0.3) is 0 Å². The van der Waals surface area contributed by atoms with Gasteiger partial charge in [-0.3, -0.25) is 9.69 Å². The maximum atomic E-state index is 14.1. The Hall–Kier alpha value is -4.04. The van der Waals surface area contributed by atoms with Gasteiger partial charge in [0, 0.05) is 51.8 Å². The number of carbonyl (C=O) groups is 2. The SMILES string of the molecule is O=C1CCc2ccc(OCCCCN3CCN(c4cccc(Cl)c4Cl)CC3)cc2N1C(=O)N(Cc1ccccc1)Cc1ccccc1. The molecule has 1 saturated heterocycles. The Kier molecular flexibility index (Phi) is 11.0. The zero-order valence-corrected chi connectivity index (χ0v) is 28.0. The van der Waals surface area contributed by atoms with Crippen molar-refractivity contribution in [1.82, 2.24) is 9.80 Å². The number of fused-ring (bicyclic) bond motifs is 1. The maximum Gasteiger partial charge on any atom is 0.331 e. The summed E-state index contributed by atoms with van der Waals surface area (Å²) in [5, 5.41) is 1.21. The minimum atomic E-state index is -0.321. The van der Waals surface area contributed by atoms with Gasteiger partial charge in [-0.25, -0.2) is 9.69 Å². The average Bonchev–Trinajstić information content (AvgIpc) is 3.10. The summed E-state index contributed by atoms with van der Waals surface area (Å²) in [6.07, 6.45) is 2.82. The number of carbonyl (C=O) groups excluding carboxylic acids is 2. The summed E-state index contributed by atoms with van der Waals surface area (Å²) in [5.41, 5.74) is 4.60. The third-order valence-corrected chi connectivity index (χ3v) is 9.64. The monoisotopic (exact) mass is 670 g/mol. The fourth-order valence-corrected chi connectivity index (χ4v) is 6.68. The van der Waals surface area contributed by atoms with Crippen molar-refractivity contribution < 1.29 is 14.3 Å². The highest BCUT2D eigenvalue weighted by molar-refractivity contribution is 6.43. The second-order valence-corrected chi connectivity index (χ2v) is 12.9. The molecule has 2 aliphatic rings. The molecule has 0 saturated carbocycles. The van der Waals surface area contributed by atoms with E-state index in [-0.39, 0.29) is 11.9 Å². The number of aryl methyl sites for hydroxylation is 1. The molecule has 244 valence electrons. The van der Waals surface area contributed by atoms with E-state index in [0.717, 1.165) is 67.9 Å². The van der Waals surface area contributed by atoms with E-state index in [1.54, 1.807) is 4.90 Å². The molecule has 4 aromatic rings. The van der Waals surface area contributed by atoms with Crippen molar-refractivity contribution in [1.29, 1.82) is 0 Å². The van der Waals surface area contributed by atoms with E-state index in [0.29, 0.717) is 54.0 Å². The zero-order valence-electron chi connectivity index (χ0n) is 26.5. The summed E-state index contributed by atoms with van der Waals surface area (Å²) in [5.74, 6) is 0.476. The number of nitrogens with zero attached hydrogens (tertiary/aromatic N) is 4. The number of hydrogen-bond acceptors (Lipinski definition) is 5. The zero-order chi connectivity index (χ0) is 32.6. The smallest absolute Gasteiger partial charge is 0.331 e. The van der Waals surface area contributed by atoms with Gasteiger partial charge in [-0.15, -0.1) is 0 Å². The Morgan fingerprint density at radius 1 is 0.745 bits per heavy atom. The normalized spacial score (nSPS) is 15.0. The van der Waals surface area contributed by atoms with Gasteiger partial charge in [0.15, 0.2) is 0 Å². The minimum absolute atomic E-state index is 0.191. The van der Waals surface area contributed by atoms with Crippen molar-refractivity contribution in [3.63, 3.8) is 0 Å². The number of piperazine rings is 1. The summed E-state index contributed by atoms with van der Waals surface area (Å²) >= 11 is 12.7. The topological polar surface area (TPSA) is 56.3 Å². The van der Waals surface area contributed by atoms with Gasteiger partial charge < -0.3 is 14.5 Å². The molecular weight excluding hydrogens is 631 g/mol. The first-order valence-corrected chi connectivity index (χ1v) is 17.1. The lowest BCUT2D eigenvalue weighted by Crippen LogP contribution is -2.47. The molecule has 47 heavy (non-hydrogen) atoms. The Morgan fingerprint density at radius 2 is 1.43 bits per heavy atom. The molecule has 2 aliphatic heterocycles. The number of ether oxygens (including phenoxy) is 1. The van der Waals surface area contributed by atoms with Crippen LogP contribution in [0.4, 0.5) is 16.2 Å². The summed E-state index contributed by atoms with van der Waals surface area (Å²) in [6, 6.07) is 31.0.